The van der Waals surface area contributed by atoms with Crippen molar-refractivity contribution in [3.05, 3.63) is 47.5 Å². The van der Waals surface area contributed by atoms with Crippen LogP contribution in [-0.2, 0) is 11.2 Å². The van der Waals surface area contributed by atoms with Crippen molar-refractivity contribution < 1.29 is 14.1 Å². The van der Waals surface area contributed by atoms with E-state index in [1.807, 2.05) is 43.0 Å². The standard InChI is InChI=1S/C21H24N4O3/c1-14-18(15(2)28-24-14)7-8-20(26)25-11-9-17(10-12-25)27-21-19-6-4-3-5-16(19)13-22-23-21/h3-6,13,17H,7-12H2,1-2H3. The fourth-order valence-electron chi connectivity index (χ4n) is 3.72. The molecule has 28 heavy (non-hydrogen) atoms. The molecule has 0 N–H and O–H groups in total. The number of piperidine rings is 1. The zero-order valence-electron chi connectivity index (χ0n) is 16.2. The SMILES string of the molecule is Cc1noc(C)c1CCC(=O)N1CCC(Oc2nncc3ccccc23)CC1. The van der Waals surface area contributed by atoms with Gasteiger partial charge in [0, 0.05) is 48.7 Å². The molecule has 1 aliphatic rings. The highest BCUT2D eigenvalue weighted by Crippen LogP contribution is 2.25. The summed E-state index contributed by atoms with van der Waals surface area (Å²) in [6.07, 6.45) is 4.52. The number of hydrogen-bond donors (Lipinski definition) is 0. The summed E-state index contributed by atoms with van der Waals surface area (Å²) < 4.78 is 11.3. The summed E-state index contributed by atoms with van der Waals surface area (Å²) in [7, 11) is 0. The molecule has 1 amide bonds. The van der Waals surface area contributed by atoms with Crippen LogP contribution in [0.3, 0.4) is 0 Å². The molecule has 0 unspecified atom stereocenters. The van der Waals surface area contributed by atoms with E-state index in [1.54, 1.807) is 6.20 Å². The van der Waals surface area contributed by atoms with Crippen molar-refractivity contribution in [3.63, 3.8) is 0 Å². The van der Waals surface area contributed by atoms with Crippen molar-refractivity contribution in [2.75, 3.05) is 13.1 Å². The fourth-order valence-corrected chi connectivity index (χ4v) is 3.72. The van der Waals surface area contributed by atoms with Gasteiger partial charge in [-0.25, -0.2) is 0 Å². The molecule has 0 radical (unpaired) electrons. The Bertz CT molecular complexity index is 952. The number of aryl methyl sites for hydroxylation is 2. The van der Waals surface area contributed by atoms with Gasteiger partial charge >= 0.3 is 0 Å². The molecule has 7 nitrogen and oxygen atoms in total. The number of likely N-dealkylation sites (tertiary alicyclic amines) is 1. The van der Waals surface area contributed by atoms with Crippen LogP contribution < -0.4 is 4.74 Å². The van der Waals surface area contributed by atoms with Crippen LogP contribution in [0.15, 0.2) is 35.0 Å². The lowest BCUT2D eigenvalue weighted by molar-refractivity contribution is -0.132. The molecule has 1 aliphatic heterocycles. The van der Waals surface area contributed by atoms with Crippen LogP contribution in [0.1, 0.15) is 36.3 Å². The maximum atomic E-state index is 12.6. The van der Waals surface area contributed by atoms with E-state index in [0.29, 0.717) is 31.8 Å². The molecule has 0 spiro atoms. The van der Waals surface area contributed by atoms with E-state index in [1.165, 1.54) is 0 Å². The van der Waals surface area contributed by atoms with Crippen LogP contribution in [0.5, 0.6) is 5.88 Å². The normalized spacial score (nSPS) is 15.1. The lowest BCUT2D eigenvalue weighted by Crippen LogP contribution is -2.42. The van der Waals surface area contributed by atoms with Gasteiger partial charge in [0.15, 0.2) is 0 Å². The van der Waals surface area contributed by atoms with Crippen molar-refractivity contribution in [1.29, 1.82) is 0 Å². The maximum Gasteiger partial charge on any atom is 0.241 e. The average Bonchev–Trinajstić information content (AvgIpc) is 3.04. The molecule has 146 valence electrons. The fraction of sp³-hybridized carbons (Fsp3) is 0.429. The maximum absolute atomic E-state index is 12.6. The zero-order chi connectivity index (χ0) is 19.5. The van der Waals surface area contributed by atoms with Crippen LogP contribution in [0.25, 0.3) is 10.8 Å². The number of carbonyl (C=O) groups is 1. The van der Waals surface area contributed by atoms with Crippen molar-refractivity contribution in [1.82, 2.24) is 20.3 Å². The Balaban J connectivity index is 1.31. The van der Waals surface area contributed by atoms with E-state index < -0.39 is 0 Å². The van der Waals surface area contributed by atoms with Gasteiger partial charge in [-0.3, -0.25) is 4.79 Å². The summed E-state index contributed by atoms with van der Waals surface area (Å²) in [6, 6.07) is 7.93. The van der Waals surface area contributed by atoms with Crippen molar-refractivity contribution >= 4 is 16.7 Å². The third-order valence-electron chi connectivity index (χ3n) is 5.38. The van der Waals surface area contributed by atoms with Gasteiger partial charge in [-0.2, -0.15) is 5.10 Å². The van der Waals surface area contributed by atoms with Crippen molar-refractivity contribution in [2.45, 2.75) is 45.6 Å². The lowest BCUT2D eigenvalue weighted by Gasteiger charge is -2.32. The Kier molecular flexibility index (Phi) is 5.23. The molecule has 4 rings (SSSR count). The molecule has 0 bridgehead atoms. The molecular weight excluding hydrogens is 356 g/mol. The van der Waals surface area contributed by atoms with Gasteiger partial charge in [-0.15, -0.1) is 5.10 Å². The molecule has 1 aromatic carbocycles. The Labute approximate surface area is 163 Å². The Morgan fingerprint density at radius 1 is 1.25 bits per heavy atom. The van der Waals surface area contributed by atoms with Gasteiger partial charge in [0.25, 0.3) is 0 Å². The Hall–Kier alpha value is -2.96. The number of fused-ring (bicyclic) bond motifs is 1. The number of hydrogen-bond acceptors (Lipinski definition) is 6. The molecule has 2 aromatic heterocycles. The highest BCUT2D eigenvalue weighted by atomic mass is 16.5. The van der Waals surface area contributed by atoms with Gasteiger partial charge in [0.2, 0.25) is 11.8 Å². The first-order valence-electron chi connectivity index (χ1n) is 9.68. The van der Waals surface area contributed by atoms with Crippen LogP contribution in [-0.4, -0.2) is 45.4 Å². The zero-order valence-corrected chi connectivity index (χ0v) is 16.2. The van der Waals surface area contributed by atoms with Crippen molar-refractivity contribution in [2.24, 2.45) is 0 Å². The van der Waals surface area contributed by atoms with Gasteiger partial charge in [-0.1, -0.05) is 23.4 Å². The second-order valence-corrected chi connectivity index (χ2v) is 7.24. The summed E-state index contributed by atoms with van der Waals surface area (Å²) in [6.45, 7) is 5.20. The number of carbonyl (C=O) groups excluding carboxylic acids is 1. The first kappa shape index (κ1) is 18.4. The molecular formula is C21H24N4O3. The summed E-state index contributed by atoms with van der Waals surface area (Å²) in [5, 5.41) is 14.1. The van der Waals surface area contributed by atoms with Crippen molar-refractivity contribution in [3.8, 4) is 5.88 Å². The van der Waals surface area contributed by atoms with E-state index in [2.05, 4.69) is 15.4 Å². The van der Waals surface area contributed by atoms with Crippen LogP contribution in [0.2, 0.25) is 0 Å². The van der Waals surface area contributed by atoms with Gasteiger partial charge in [-0.05, 0) is 26.3 Å². The highest BCUT2D eigenvalue weighted by Gasteiger charge is 2.25. The first-order valence-corrected chi connectivity index (χ1v) is 9.68. The predicted octanol–water partition coefficient (Wildman–Crippen LogP) is 3.24. The number of nitrogens with zero attached hydrogens (tertiary/aromatic N) is 4. The topological polar surface area (TPSA) is 81.4 Å². The van der Waals surface area contributed by atoms with E-state index >= 15 is 0 Å². The second kappa shape index (κ2) is 7.96. The summed E-state index contributed by atoms with van der Waals surface area (Å²) >= 11 is 0. The number of ether oxygens (including phenoxy) is 1. The summed E-state index contributed by atoms with van der Waals surface area (Å²) in [5.74, 6) is 1.54. The molecule has 0 aliphatic carbocycles. The largest absolute Gasteiger partial charge is 0.473 e. The number of rotatable bonds is 5. The first-order chi connectivity index (χ1) is 13.6. The minimum absolute atomic E-state index is 0.0479. The van der Waals surface area contributed by atoms with Crippen LogP contribution in [0, 0.1) is 13.8 Å². The minimum Gasteiger partial charge on any atom is -0.473 e. The molecule has 7 heteroatoms. The average molecular weight is 380 g/mol. The molecule has 0 saturated carbocycles. The summed E-state index contributed by atoms with van der Waals surface area (Å²) in [4.78, 5) is 14.5. The Morgan fingerprint density at radius 3 is 2.79 bits per heavy atom. The Morgan fingerprint density at radius 2 is 2.04 bits per heavy atom. The number of amides is 1. The second-order valence-electron chi connectivity index (χ2n) is 7.24. The molecule has 1 fully saturated rings. The highest BCUT2D eigenvalue weighted by molar-refractivity contribution is 5.85. The van der Waals surface area contributed by atoms with Gasteiger partial charge in [0.1, 0.15) is 11.9 Å². The van der Waals surface area contributed by atoms with Gasteiger partial charge < -0.3 is 14.2 Å². The smallest absolute Gasteiger partial charge is 0.241 e. The van der Waals surface area contributed by atoms with E-state index in [-0.39, 0.29) is 12.0 Å². The lowest BCUT2D eigenvalue weighted by atomic mass is 10.0. The monoisotopic (exact) mass is 380 g/mol. The molecule has 3 aromatic rings. The van der Waals surface area contributed by atoms with E-state index in [9.17, 15) is 4.79 Å². The number of aromatic nitrogens is 3. The summed E-state index contributed by atoms with van der Waals surface area (Å²) in [5.41, 5.74) is 1.91. The molecule has 0 atom stereocenters. The minimum atomic E-state index is 0.0479. The predicted molar refractivity (Wildman–Crippen MR) is 104 cm³/mol. The van der Waals surface area contributed by atoms with Crippen LogP contribution >= 0.6 is 0 Å². The molecule has 1 saturated heterocycles. The third kappa shape index (κ3) is 3.83. The van der Waals surface area contributed by atoms with E-state index in [0.717, 1.165) is 40.6 Å². The molecule has 3 heterocycles. The van der Waals surface area contributed by atoms with Gasteiger partial charge in [0.05, 0.1) is 11.9 Å². The van der Waals surface area contributed by atoms with Crippen LogP contribution in [0.4, 0.5) is 0 Å². The third-order valence-corrected chi connectivity index (χ3v) is 5.38. The van der Waals surface area contributed by atoms with E-state index in [4.69, 9.17) is 9.26 Å². The number of benzene rings is 1. The quantitative estimate of drug-likeness (QED) is 0.676.